The molecular formula is C13H17F3N2O. The van der Waals surface area contributed by atoms with Crippen LogP contribution in [0.4, 0.5) is 18.9 Å². The van der Waals surface area contributed by atoms with Gasteiger partial charge in [-0.15, -0.1) is 0 Å². The first-order valence-electron chi connectivity index (χ1n) is 5.81. The Kier molecular flexibility index (Phi) is 4.57. The molecule has 3 N–H and O–H groups in total. The van der Waals surface area contributed by atoms with Crippen LogP contribution in [-0.2, 0) is 10.2 Å². The van der Waals surface area contributed by atoms with Crippen molar-refractivity contribution >= 4 is 11.6 Å². The van der Waals surface area contributed by atoms with E-state index in [1.165, 1.54) is 0 Å². The van der Waals surface area contributed by atoms with Gasteiger partial charge in [0.1, 0.15) is 6.42 Å². The van der Waals surface area contributed by atoms with Crippen LogP contribution in [-0.4, -0.2) is 18.6 Å². The van der Waals surface area contributed by atoms with E-state index in [0.29, 0.717) is 12.2 Å². The zero-order chi connectivity index (χ0) is 14.7. The minimum absolute atomic E-state index is 0.214. The lowest BCUT2D eigenvalue weighted by Gasteiger charge is -2.23. The van der Waals surface area contributed by atoms with Gasteiger partial charge in [-0.1, -0.05) is 26.0 Å². The normalized spacial score (nSPS) is 12.3. The molecule has 0 aliphatic rings. The number of carbonyl (C=O) groups is 1. The summed E-state index contributed by atoms with van der Waals surface area (Å²) < 4.78 is 36.0. The van der Waals surface area contributed by atoms with E-state index >= 15 is 0 Å². The molecule has 0 bridgehead atoms. The third-order valence-electron chi connectivity index (χ3n) is 2.82. The second kappa shape index (κ2) is 5.61. The summed E-state index contributed by atoms with van der Waals surface area (Å²) in [6.07, 6.45) is -5.98. The highest BCUT2D eigenvalue weighted by molar-refractivity contribution is 5.91. The number of benzene rings is 1. The second-order valence-electron chi connectivity index (χ2n) is 5.01. The smallest absolute Gasteiger partial charge is 0.330 e. The molecule has 6 heteroatoms. The highest BCUT2D eigenvalue weighted by atomic mass is 19.4. The Labute approximate surface area is 110 Å². The van der Waals surface area contributed by atoms with E-state index in [9.17, 15) is 18.0 Å². The summed E-state index contributed by atoms with van der Waals surface area (Å²) in [6, 6.07) is 6.63. The molecule has 0 unspecified atom stereocenters. The molecule has 0 saturated heterocycles. The molecule has 0 radical (unpaired) electrons. The molecule has 1 amide bonds. The van der Waals surface area contributed by atoms with Gasteiger partial charge in [-0.2, -0.15) is 13.2 Å². The summed E-state index contributed by atoms with van der Waals surface area (Å²) in [7, 11) is 0. The highest BCUT2D eigenvalue weighted by Crippen LogP contribution is 2.24. The molecule has 19 heavy (non-hydrogen) atoms. The van der Waals surface area contributed by atoms with Crippen molar-refractivity contribution in [1.82, 2.24) is 0 Å². The number of hydrogen-bond acceptors (Lipinski definition) is 2. The Morgan fingerprint density at radius 1 is 1.21 bits per heavy atom. The minimum Gasteiger partial charge on any atom is -0.330 e. The van der Waals surface area contributed by atoms with Gasteiger partial charge in [0.2, 0.25) is 5.91 Å². The fraction of sp³-hybridized carbons (Fsp3) is 0.462. The molecule has 0 atom stereocenters. The predicted molar refractivity (Wildman–Crippen MR) is 67.8 cm³/mol. The van der Waals surface area contributed by atoms with Gasteiger partial charge in [-0.05, 0) is 17.7 Å². The lowest BCUT2D eigenvalue weighted by atomic mass is 9.85. The quantitative estimate of drug-likeness (QED) is 0.887. The van der Waals surface area contributed by atoms with Crippen LogP contribution < -0.4 is 11.1 Å². The predicted octanol–water partition coefficient (Wildman–Crippen LogP) is 2.81. The van der Waals surface area contributed by atoms with Crippen molar-refractivity contribution < 1.29 is 18.0 Å². The van der Waals surface area contributed by atoms with Gasteiger partial charge < -0.3 is 11.1 Å². The van der Waals surface area contributed by atoms with Gasteiger partial charge >= 0.3 is 6.18 Å². The summed E-state index contributed by atoms with van der Waals surface area (Å²) in [5, 5.41) is 2.20. The van der Waals surface area contributed by atoms with Crippen LogP contribution in [0.25, 0.3) is 0 Å². The summed E-state index contributed by atoms with van der Waals surface area (Å²) in [4.78, 5) is 11.1. The number of alkyl halides is 3. The number of hydrogen-bond donors (Lipinski definition) is 2. The number of anilines is 1. The van der Waals surface area contributed by atoms with E-state index in [1.54, 1.807) is 24.3 Å². The van der Waals surface area contributed by atoms with Crippen molar-refractivity contribution in [3.8, 4) is 0 Å². The van der Waals surface area contributed by atoms with Crippen molar-refractivity contribution in [3.05, 3.63) is 29.8 Å². The Bertz CT molecular complexity index is 438. The third kappa shape index (κ3) is 4.90. The van der Waals surface area contributed by atoms with E-state index in [0.717, 1.165) is 5.56 Å². The first-order chi connectivity index (χ1) is 8.64. The van der Waals surface area contributed by atoms with E-state index in [4.69, 9.17) is 5.73 Å². The van der Waals surface area contributed by atoms with Crippen LogP contribution in [0.2, 0.25) is 0 Å². The van der Waals surface area contributed by atoms with E-state index < -0.39 is 18.5 Å². The second-order valence-corrected chi connectivity index (χ2v) is 5.01. The molecule has 0 saturated carbocycles. The molecule has 0 heterocycles. The molecule has 0 fully saturated rings. The molecule has 0 spiro atoms. The third-order valence-corrected chi connectivity index (χ3v) is 2.82. The van der Waals surface area contributed by atoms with Crippen LogP contribution in [0.1, 0.15) is 25.8 Å². The monoisotopic (exact) mass is 274 g/mol. The fourth-order valence-corrected chi connectivity index (χ4v) is 1.51. The van der Waals surface area contributed by atoms with Crippen LogP contribution in [0, 0.1) is 0 Å². The minimum atomic E-state index is -4.49. The van der Waals surface area contributed by atoms with Crippen LogP contribution >= 0.6 is 0 Å². The number of nitrogens with two attached hydrogens (primary N) is 1. The SMILES string of the molecule is CC(C)(CN)c1ccc(NC(=O)CC(F)(F)F)cc1. The molecule has 106 valence electrons. The van der Waals surface area contributed by atoms with Crippen LogP contribution in [0.3, 0.4) is 0 Å². The molecule has 1 rings (SSSR count). The summed E-state index contributed by atoms with van der Waals surface area (Å²) >= 11 is 0. The highest BCUT2D eigenvalue weighted by Gasteiger charge is 2.31. The first kappa shape index (κ1) is 15.5. The van der Waals surface area contributed by atoms with Crippen LogP contribution in [0.5, 0.6) is 0 Å². The summed E-state index contributed by atoms with van der Waals surface area (Å²) in [6.45, 7) is 4.38. The van der Waals surface area contributed by atoms with E-state index in [-0.39, 0.29) is 5.41 Å². The van der Waals surface area contributed by atoms with Crippen molar-refractivity contribution in [2.75, 3.05) is 11.9 Å². The molecular weight excluding hydrogens is 257 g/mol. The van der Waals surface area contributed by atoms with Gasteiger partial charge in [0.05, 0.1) is 0 Å². The average Bonchev–Trinajstić information content (AvgIpc) is 2.27. The van der Waals surface area contributed by atoms with Crippen molar-refractivity contribution in [3.63, 3.8) is 0 Å². The zero-order valence-electron chi connectivity index (χ0n) is 10.8. The molecule has 0 aliphatic heterocycles. The number of halogens is 3. The van der Waals surface area contributed by atoms with Crippen molar-refractivity contribution in [2.45, 2.75) is 31.9 Å². The van der Waals surface area contributed by atoms with Gasteiger partial charge in [-0.25, -0.2) is 0 Å². The molecule has 1 aromatic carbocycles. The van der Waals surface area contributed by atoms with Gasteiger partial charge in [-0.3, -0.25) is 4.79 Å². The Balaban J connectivity index is 2.70. The lowest BCUT2D eigenvalue weighted by molar-refractivity contribution is -0.150. The number of rotatable bonds is 4. The van der Waals surface area contributed by atoms with E-state index in [2.05, 4.69) is 5.32 Å². The number of nitrogens with one attached hydrogen (secondary N) is 1. The van der Waals surface area contributed by atoms with Crippen molar-refractivity contribution in [2.24, 2.45) is 5.73 Å². The van der Waals surface area contributed by atoms with Gasteiger partial charge in [0.25, 0.3) is 0 Å². The maximum Gasteiger partial charge on any atom is 0.397 e. The average molecular weight is 274 g/mol. The topological polar surface area (TPSA) is 55.1 Å². The molecule has 3 nitrogen and oxygen atoms in total. The molecule has 0 aromatic heterocycles. The Hall–Kier alpha value is -1.56. The maximum absolute atomic E-state index is 12.0. The maximum atomic E-state index is 12.0. The Morgan fingerprint density at radius 3 is 2.16 bits per heavy atom. The fourth-order valence-electron chi connectivity index (χ4n) is 1.51. The zero-order valence-corrected chi connectivity index (χ0v) is 10.8. The first-order valence-corrected chi connectivity index (χ1v) is 5.81. The standard InChI is InChI=1S/C13H17F3N2O/c1-12(2,8-17)9-3-5-10(6-4-9)18-11(19)7-13(14,15)16/h3-6H,7-8,17H2,1-2H3,(H,18,19). The number of carbonyl (C=O) groups excluding carboxylic acids is 1. The number of amides is 1. The molecule has 1 aromatic rings. The molecule has 0 aliphatic carbocycles. The largest absolute Gasteiger partial charge is 0.397 e. The lowest BCUT2D eigenvalue weighted by Crippen LogP contribution is -2.28. The van der Waals surface area contributed by atoms with Crippen LogP contribution in [0.15, 0.2) is 24.3 Å². The van der Waals surface area contributed by atoms with Gasteiger partial charge in [0, 0.05) is 17.6 Å². The van der Waals surface area contributed by atoms with Gasteiger partial charge in [0.15, 0.2) is 0 Å². The van der Waals surface area contributed by atoms with E-state index in [1.807, 2.05) is 13.8 Å². The Morgan fingerprint density at radius 2 is 1.74 bits per heavy atom. The van der Waals surface area contributed by atoms with Crippen molar-refractivity contribution in [1.29, 1.82) is 0 Å². The summed E-state index contributed by atoms with van der Waals surface area (Å²) in [5.41, 5.74) is 6.72. The summed E-state index contributed by atoms with van der Waals surface area (Å²) in [5.74, 6) is -1.07.